The van der Waals surface area contributed by atoms with Crippen molar-refractivity contribution in [3.63, 3.8) is 0 Å². The molecular weight excluding hydrogens is 254 g/mol. The van der Waals surface area contributed by atoms with Crippen molar-refractivity contribution in [2.75, 3.05) is 0 Å². The summed E-state index contributed by atoms with van der Waals surface area (Å²) in [5.41, 5.74) is 0.0152. The number of hydrogen-bond acceptors (Lipinski definition) is 2. The van der Waals surface area contributed by atoms with E-state index in [1.54, 1.807) is 11.3 Å². The topological polar surface area (TPSA) is 20.2 Å². The predicted octanol–water partition coefficient (Wildman–Crippen LogP) is 3.86. The average Bonchev–Trinajstić information content (AvgIpc) is 2.80. The lowest BCUT2D eigenvalue weighted by Crippen LogP contribution is -2.04. The second kappa shape index (κ2) is 5.59. The van der Waals surface area contributed by atoms with Gasteiger partial charge in [0.15, 0.2) is 11.6 Å². The minimum atomic E-state index is -1.01. The summed E-state index contributed by atoms with van der Waals surface area (Å²) >= 11 is 1.59. The average molecular weight is 268 g/mol. The number of aliphatic hydroxyl groups is 1. The number of rotatable bonds is 4. The fourth-order valence-electron chi connectivity index (χ4n) is 1.80. The van der Waals surface area contributed by atoms with Gasteiger partial charge >= 0.3 is 0 Å². The van der Waals surface area contributed by atoms with Crippen LogP contribution < -0.4 is 0 Å². The maximum absolute atomic E-state index is 13.5. The molecule has 4 heteroatoms. The molecule has 1 heterocycles. The molecule has 2 rings (SSSR count). The second-order valence-electron chi connectivity index (χ2n) is 4.08. The zero-order chi connectivity index (χ0) is 13.1. The van der Waals surface area contributed by atoms with Crippen molar-refractivity contribution < 1.29 is 13.9 Å². The Labute approximate surface area is 109 Å². The summed E-state index contributed by atoms with van der Waals surface area (Å²) in [5, 5.41) is 9.96. The minimum Gasteiger partial charge on any atom is -0.388 e. The van der Waals surface area contributed by atoms with Crippen LogP contribution in [0.15, 0.2) is 30.3 Å². The van der Waals surface area contributed by atoms with Crippen LogP contribution >= 0.6 is 11.3 Å². The number of benzene rings is 1. The minimum absolute atomic E-state index is 0.0152. The van der Waals surface area contributed by atoms with Gasteiger partial charge in [-0.25, -0.2) is 8.78 Å². The molecule has 0 aliphatic rings. The largest absolute Gasteiger partial charge is 0.388 e. The molecule has 1 unspecified atom stereocenters. The lowest BCUT2D eigenvalue weighted by molar-refractivity contribution is 0.173. The van der Waals surface area contributed by atoms with Crippen LogP contribution in [0.25, 0.3) is 0 Å². The van der Waals surface area contributed by atoms with Crippen molar-refractivity contribution in [2.45, 2.75) is 25.9 Å². The van der Waals surface area contributed by atoms with Crippen LogP contribution in [-0.2, 0) is 12.8 Å². The highest BCUT2D eigenvalue weighted by Gasteiger charge is 2.16. The van der Waals surface area contributed by atoms with E-state index in [1.165, 1.54) is 17.0 Å². The quantitative estimate of drug-likeness (QED) is 0.892. The summed E-state index contributed by atoms with van der Waals surface area (Å²) in [5.74, 6) is -1.88. The Morgan fingerprint density at radius 1 is 1.17 bits per heavy atom. The van der Waals surface area contributed by atoms with Crippen LogP contribution in [0.3, 0.4) is 0 Å². The second-order valence-corrected chi connectivity index (χ2v) is 5.34. The molecule has 0 saturated carbocycles. The first-order valence-corrected chi connectivity index (χ1v) is 6.63. The monoisotopic (exact) mass is 268 g/mol. The van der Waals surface area contributed by atoms with Crippen molar-refractivity contribution in [2.24, 2.45) is 0 Å². The van der Waals surface area contributed by atoms with Gasteiger partial charge in [0.25, 0.3) is 0 Å². The number of aryl methyl sites for hydroxylation is 1. The Morgan fingerprint density at radius 3 is 2.56 bits per heavy atom. The third-order valence-electron chi connectivity index (χ3n) is 2.80. The van der Waals surface area contributed by atoms with E-state index in [2.05, 4.69) is 6.92 Å². The summed E-state index contributed by atoms with van der Waals surface area (Å²) in [6, 6.07) is 7.78. The molecule has 1 atom stereocenters. The van der Waals surface area contributed by atoms with Gasteiger partial charge in [0.05, 0.1) is 6.10 Å². The van der Waals surface area contributed by atoms with Crippen LogP contribution in [0.4, 0.5) is 8.78 Å². The zero-order valence-corrected chi connectivity index (χ0v) is 10.8. The van der Waals surface area contributed by atoms with Crippen LogP contribution in [0.2, 0.25) is 0 Å². The van der Waals surface area contributed by atoms with Gasteiger partial charge in [0, 0.05) is 21.7 Å². The van der Waals surface area contributed by atoms with E-state index in [0.717, 1.165) is 17.4 Å². The molecule has 0 aliphatic heterocycles. The number of hydrogen-bond donors (Lipinski definition) is 1. The third kappa shape index (κ3) is 2.76. The molecule has 0 saturated heterocycles. The molecule has 1 aromatic heterocycles. The lowest BCUT2D eigenvalue weighted by atomic mass is 10.1. The van der Waals surface area contributed by atoms with Gasteiger partial charge in [-0.05, 0) is 24.6 Å². The van der Waals surface area contributed by atoms with E-state index in [-0.39, 0.29) is 5.56 Å². The normalized spacial score (nSPS) is 12.7. The predicted molar refractivity (Wildman–Crippen MR) is 68.7 cm³/mol. The maximum atomic E-state index is 13.5. The van der Waals surface area contributed by atoms with E-state index in [1.807, 2.05) is 12.1 Å². The van der Waals surface area contributed by atoms with E-state index < -0.39 is 17.7 Å². The first-order chi connectivity index (χ1) is 8.61. The van der Waals surface area contributed by atoms with Crippen molar-refractivity contribution in [1.29, 1.82) is 0 Å². The van der Waals surface area contributed by atoms with E-state index in [4.69, 9.17) is 0 Å². The van der Waals surface area contributed by atoms with Gasteiger partial charge in [-0.2, -0.15) is 0 Å². The SMILES string of the molecule is CCc1ccc(CC(O)c2cccc(F)c2F)s1. The summed E-state index contributed by atoms with van der Waals surface area (Å²) < 4.78 is 26.5. The number of halogens is 2. The molecule has 1 N–H and O–H groups in total. The highest BCUT2D eigenvalue weighted by molar-refractivity contribution is 7.11. The first-order valence-electron chi connectivity index (χ1n) is 5.81. The Hall–Kier alpha value is -1.26. The van der Waals surface area contributed by atoms with Gasteiger partial charge in [-0.15, -0.1) is 11.3 Å². The van der Waals surface area contributed by atoms with Crippen molar-refractivity contribution >= 4 is 11.3 Å². The highest BCUT2D eigenvalue weighted by Crippen LogP contribution is 2.26. The molecule has 96 valence electrons. The fourth-order valence-corrected chi connectivity index (χ4v) is 2.79. The van der Waals surface area contributed by atoms with Crippen LogP contribution in [0, 0.1) is 11.6 Å². The Balaban J connectivity index is 2.16. The van der Waals surface area contributed by atoms with Crippen molar-refractivity contribution in [3.8, 4) is 0 Å². The molecule has 0 amide bonds. The van der Waals surface area contributed by atoms with E-state index in [0.29, 0.717) is 6.42 Å². The van der Waals surface area contributed by atoms with Gasteiger partial charge in [0.2, 0.25) is 0 Å². The summed E-state index contributed by atoms with van der Waals surface area (Å²) in [4.78, 5) is 2.19. The molecular formula is C14H14F2OS. The number of aliphatic hydroxyl groups excluding tert-OH is 1. The van der Waals surface area contributed by atoms with E-state index >= 15 is 0 Å². The van der Waals surface area contributed by atoms with Crippen LogP contribution in [-0.4, -0.2) is 5.11 Å². The standard InChI is InChI=1S/C14H14F2OS/c1-2-9-6-7-10(18-9)8-13(17)11-4-3-5-12(15)14(11)16/h3-7,13,17H,2,8H2,1H3. The lowest BCUT2D eigenvalue weighted by Gasteiger charge is -2.11. The molecule has 1 nitrogen and oxygen atoms in total. The molecule has 0 radical (unpaired) electrons. The molecule has 18 heavy (non-hydrogen) atoms. The Morgan fingerprint density at radius 2 is 1.89 bits per heavy atom. The highest BCUT2D eigenvalue weighted by atomic mass is 32.1. The van der Waals surface area contributed by atoms with Gasteiger partial charge in [-0.3, -0.25) is 0 Å². The van der Waals surface area contributed by atoms with Crippen molar-refractivity contribution in [3.05, 3.63) is 57.3 Å². The van der Waals surface area contributed by atoms with Crippen LogP contribution in [0.5, 0.6) is 0 Å². The molecule has 1 aromatic carbocycles. The van der Waals surface area contributed by atoms with Crippen molar-refractivity contribution in [1.82, 2.24) is 0 Å². The van der Waals surface area contributed by atoms with Gasteiger partial charge in [0.1, 0.15) is 0 Å². The van der Waals surface area contributed by atoms with Gasteiger partial charge in [-0.1, -0.05) is 19.1 Å². The maximum Gasteiger partial charge on any atom is 0.164 e. The Bertz CT molecular complexity index is 536. The molecule has 0 bridgehead atoms. The molecule has 0 aliphatic carbocycles. The van der Waals surface area contributed by atoms with E-state index in [9.17, 15) is 13.9 Å². The summed E-state index contributed by atoms with van der Waals surface area (Å²) in [7, 11) is 0. The zero-order valence-electron chi connectivity index (χ0n) is 9.99. The van der Waals surface area contributed by atoms with Gasteiger partial charge < -0.3 is 5.11 Å². The Kier molecular flexibility index (Phi) is 4.09. The van der Waals surface area contributed by atoms with Crippen LogP contribution in [0.1, 0.15) is 28.3 Å². The number of thiophene rings is 1. The molecule has 0 fully saturated rings. The first kappa shape index (κ1) is 13.2. The molecule has 2 aromatic rings. The fraction of sp³-hybridized carbons (Fsp3) is 0.286. The summed E-state index contributed by atoms with van der Waals surface area (Å²) in [6.45, 7) is 2.05. The molecule has 0 spiro atoms. The third-order valence-corrected chi connectivity index (χ3v) is 4.05. The smallest absolute Gasteiger partial charge is 0.164 e. The summed E-state index contributed by atoms with van der Waals surface area (Å²) in [6.07, 6.45) is 0.240.